The Bertz CT molecular complexity index is 549. The maximum absolute atomic E-state index is 14.0. The predicted octanol–water partition coefficient (Wildman–Crippen LogP) is 3.34. The Balaban J connectivity index is 0.00000264. The average Bonchev–Trinajstić information content (AvgIpc) is 2.46. The summed E-state index contributed by atoms with van der Waals surface area (Å²) in [5.41, 5.74) is -1.91. The van der Waals surface area contributed by atoms with E-state index < -0.39 is 29.0 Å². The molecule has 1 aliphatic rings. The molecule has 0 spiro atoms. The standard InChI is InChI=1S/C15H18F4N2O.ClH/c1-20-8-10-4-3-7-21(9-10)14(22)11-5-2-6-12(13(11)16)15(17,18)19;/h2,5-6,10,20H,3-4,7-9H2,1H3;1H. The molecule has 0 bridgehead atoms. The van der Waals surface area contributed by atoms with Gasteiger partial charge in [0.1, 0.15) is 5.82 Å². The highest BCUT2D eigenvalue weighted by Crippen LogP contribution is 2.33. The first kappa shape index (κ1) is 19.7. The summed E-state index contributed by atoms with van der Waals surface area (Å²) >= 11 is 0. The Morgan fingerprint density at radius 1 is 1.39 bits per heavy atom. The van der Waals surface area contributed by atoms with Gasteiger partial charge in [-0.3, -0.25) is 4.79 Å². The number of nitrogens with one attached hydrogen (secondary N) is 1. The lowest BCUT2D eigenvalue weighted by Gasteiger charge is -2.33. The normalized spacial score (nSPS) is 18.5. The fourth-order valence-electron chi connectivity index (χ4n) is 2.79. The van der Waals surface area contributed by atoms with Crippen molar-refractivity contribution in [1.29, 1.82) is 0 Å². The number of halogens is 5. The average molecular weight is 355 g/mol. The summed E-state index contributed by atoms with van der Waals surface area (Å²) in [6.45, 7) is 1.58. The van der Waals surface area contributed by atoms with E-state index in [1.807, 2.05) is 0 Å². The molecule has 0 aromatic heterocycles. The summed E-state index contributed by atoms with van der Waals surface area (Å²) in [6, 6.07) is 2.81. The van der Waals surface area contributed by atoms with Crippen LogP contribution in [-0.2, 0) is 6.18 Å². The number of hydrogen-bond acceptors (Lipinski definition) is 2. The minimum atomic E-state index is -4.81. The van der Waals surface area contributed by atoms with Gasteiger partial charge in [0.25, 0.3) is 5.91 Å². The van der Waals surface area contributed by atoms with Crippen LogP contribution >= 0.6 is 12.4 Å². The molecule has 1 aromatic rings. The number of rotatable bonds is 3. The van der Waals surface area contributed by atoms with Crippen LogP contribution in [-0.4, -0.2) is 37.5 Å². The zero-order valence-corrected chi connectivity index (χ0v) is 13.4. The van der Waals surface area contributed by atoms with Crippen LogP contribution in [0.1, 0.15) is 28.8 Å². The van der Waals surface area contributed by atoms with Gasteiger partial charge in [0.05, 0.1) is 11.1 Å². The van der Waals surface area contributed by atoms with Crippen molar-refractivity contribution in [3.05, 3.63) is 35.1 Å². The number of alkyl halides is 3. The molecular weight excluding hydrogens is 336 g/mol. The molecule has 2 rings (SSSR count). The van der Waals surface area contributed by atoms with Gasteiger partial charge in [-0.1, -0.05) is 6.07 Å². The van der Waals surface area contributed by atoms with Crippen LogP contribution in [0, 0.1) is 11.7 Å². The Hall–Kier alpha value is -1.34. The van der Waals surface area contributed by atoms with Crippen molar-refractivity contribution in [2.75, 3.05) is 26.7 Å². The second kappa shape index (κ2) is 7.97. The van der Waals surface area contributed by atoms with E-state index in [-0.39, 0.29) is 18.3 Å². The Morgan fingerprint density at radius 2 is 2.09 bits per heavy atom. The van der Waals surface area contributed by atoms with Crippen molar-refractivity contribution < 1.29 is 22.4 Å². The summed E-state index contributed by atoms with van der Waals surface area (Å²) in [4.78, 5) is 13.8. The van der Waals surface area contributed by atoms with Crippen molar-refractivity contribution in [2.24, 2.45) is 5.92 Å². The van der Waals surface area contributed by atoms with Crippen LogP contribution in [0.3, 0.4) is 0 Å². The molecule has 0 saturated carbocycles. The zero-order valence-electron chi connectivity index (χ0n) is 12.6. The van der Waals surface area contributed by atoms with E-state index in [4.69, 9.17) is 0 Å². The van der Waals surface area contributed by atoms with Crippen molar-refractivity contribution >= 4 is 18.3 Å². The topological polar surface area (TPSA) is 32.3 Å². The minimum Gasteiger partial charge on any atom is -0.338 e. The van der Waals surface area contributed by atoms with Gasteiger partial charge < -0.3 is 10.2 Å². The van der Waals surface area contributed by atoms with Crippen LogP contribution in [0.15, 0.2) is 18.2 Å². The molecule has 1 heterocycles. The highest BCUT2D eigenvalue weighted by atomic mass is 35.5. The fraction of sp³-hybridized carbons (Fsp3) is 0.533. The van der Waals surface area contributed by atoms with Gasteiger partial charge in [0, 0.05) is 13.1 Å². The maximum Gasteiger partial charge on any atom is 0.419 e. The van der Waals surface area contributed by atoms with Crippen LogP contribution in [0.2, 0.25) is 0 Å². The second-order valence-electron chi connectivity index (χ2n) is 5.48. The Morgan fingerprint density at radius 3 is 2.70 bits per heavy atom. The van der Waals surface area contributed by atoms with E-state index in [0.717, 1.165) is 31.5 Å². The first-order chi connectivity index (χ1) is 10.3. The molecule has 0 aliphatic carbocycles. The highest BCUT2D eigenvalue weighted by molar-refractivity contribution is 5.94. The van der Waals surface area contributed by atoms with Crippen molar-refractivity contribution in [2.45, 2.75) is 19.0 Å². The van der Waals surface area contributed by atoms with E-state index in [1.54, 1.807) is 7.05 Å². The third-order valence-electron chi connectivity index (χ3n) is 3.83. The van der Waals surface area contributed by atoms with Crippen LogP contribution < -0.4 is 5.32 Å². The van der Waals surface area contributed by atoms with Gasteiger partial charge in [-0.2, -0.15) is 13.2 Å². The molecule has 3 nitrogen and oxygen atoms in total. The van der Waals surface area contributed by atoms with Crippen LogP contribution in [0.4, 0.5) is 17.6 Å². The third kappa shape index (κ3) is 4.57. The summed E-state index contributed by atoms with van der Waals surface area (Å²) in [7, 11) is 1.80. The lowest BCUT2D eigenvalue weighted by atomic mass is 9.97. The quantitative estimate of drug-likeness (QED) is 0.844. The van der Waals surface area contributed by atoms with Gasteiger partial charge in [0.15, 0.2) is 0 Å². The first-order valence-electron chi connectivity index (χ1n) is 7.14. The molecule has 8 heteroatoms. The molecule has 130 valence electrons. The lowest BCUT2D eigenvalue weighted by molar-refractivity contribution is -0.140. The van der Waals surface area contributed by atoms with Crippen LogP contribution in [0.5, 0.6) is 0 Å². The van der Waals surface area contributed by atoms with Gasteiger partial charge in [-0.15, -0.1) is 12.4 Å². The van der Waals surface area contributed by atoms with Gasteiger partial charge in [-0.25, -0.2) is 4.39 Å². The SMILES string of the molecule is CNCC1CCCN(C(=O)c2cccc(C(F)(F)F)c2F)C1.Cl. The van der Waals surface area contributed by atoms with E-state index in [2.05, 4.69) is 5.32 Å². The number of hydrogen-bond donors (Lipinski definition) is 1. The summed E-state index contributed by atoms with van der Waals surface area (Å²) in [5.74, 6) is -1.93. The summed E-state index contributed by atoms with van der Waals surface area (Å²) in [5, 5.41) is 3.02. The number of nitrogens with zero attached hydrogens (tertiary/aromatic N) is 1. The molecule has 1 N–H and O–H groups in total. The molecular formula is C15H19ClF4N2O. The summed E-state index contributed by atoms with van der Waals surface area (Å²) in [6.07, 6.45) is -3.11. The molecule has 1 fully saturated rings. The lowest BCUT2D eigenvalue weighted by Crippen LogP contribution is -2.42. The first-order valence-corrected chi connectivity index (χ1v) is 7.14. The molecule has 1 aromatic carbocycles. The van der Waals surface area contributed by atoms with E-state index in [9.17, 15) is 22.4 Å². The third-order valence-corrected chi connectivity index (χ3v) is 3.83. The van der Waals surface area contributed by atoms with Gasteiger partial charge in [-0.05, 0) is 44.5 Å². The predicted molar refractivity (Wildman–Crippen MR) is 81.2 cm³/mol. The molecule has 1 atom stereocenters. The molecule has 1 unspecified atom stereocenters. The van der Waals surface area contributed by atoms with Gasteiger partial charge >= 0.3 is 6.18 Å². The highest BCUT2D eigenvalue weighted by Gasteiger charge is 2.36. The minimum absolute atomic E-state index is 0. The van der Waals surface area contributed by atoms with E-state index in [1.165, 1.54) is 4.90 Å². The monoisotopic (exact) mass is 354 g/mol. The molecule has 1 aliphatic heterocycles. The fourth-order valence-corrected chi connectivity index (χ4v) is 2.79. The number of benzene rings is 1. The number of carbonyl (C=O) groups is 1. The summed E-state index contributed by atoms with van der Waals surface area (Å²) < 4.78 is 52.2. The largest absolute Gasteiger partial charge is 0.419 e. The molecule has 1 saturated heterocycles. The number of likely N-dealkylation sites (tertiary alicyclic amines) is 1. The molecule has 23 heavy (non-hydrogen) atoms. The molecule has 0 radical (unpaired) electrons. The second-order valence-corrected chi connectivity index (χ2v) is 5.48. The van der Waals surface area contributed by atoms with Crippen molar-refractivity contribution in [3.63, 3.8) is 0 Å². The zero-order chi connectivity index (χ0) is 16.3. The number of carbonyl (C=O) groups excluding carboxylic acids is 1. The van der Waals surface area contributed by atoms with E-state index >= 15 is 0 Å². The van der Waals surface area contributed by atoms with Gasteiger partial charge in [0.2, 0.25) is 0 Å². The number of piperidine rings is 1. The van der Waals surface area contributed by atoms with Crippen LogP contribution in [0.25, 0.3) is 0 Å². The van der Waals surface area contributed by atoms with E-state index in [0.29, 0.717) is 19.2 Å². The van der Waals surface area contributed by atoms with Crippen molar-refractivity contribution in [1.82, 2.24) is 10.2 Å². The van der Waals surface area contributed by atoms with Crippen molar-refractivity contribution in [3.8, 4) is 0 Å². The number of amides is 1. The maximum atomic E-state index is 14.0. The Labute approximate surface area is 138 Å². The molecule has 1 amide bonds. The Kier molecular flexibility index (Phi) is 6.83. The smallest absolute Gasteiger partial charge is 0.338 e.